The third kappa shape index (κ3) is 3.95. The molecule has 2 heterocycles. The van der Waals surface area contributed by atoms with Crippen molar-refractivity contribution in [3.8, 4) is 0 Å². The number of hydrogen-bond donors (Lipinski definition) is 0. The average molecular weight is 334 g/mol. The van der Waals surface area contributed by atoms with Crippen molar-refractivity contribution in [2.24, 2.45) is 5.41 Å². The molecule has 0 unspecified atom stereocenters. The maximum Gasteiger partial charge on any atom is 0.236 e. The Kier molecular flexibility index (Phi) is 5.21. The van der Waals surface area contributed by atoms with Crippen LogP contribution in [0.4, 0.5) is 4.39 Å². The van der Waals surface area contributed by atoms with E-state index in [1.54, 1.807) is 25.1 Å². The van der Waals surface area contributed by atoms with E-state index in [2.05, 4.69) is 4.90 Å². The molecule has 2 aliphatic heterocycles. The molecule has 1 atom stereocenters. The molecule has 132 valence electrons. The van der Waals surface area contributed by atoms with Crippen molar-refractivity contribution >= 4 is 5.91 Å². The topological polar surface area (TPSA) is 32.8 Å². The summed E-state index contributed by atoms with van der Waals surface area (Å²) in [4.78, 5) is 15.7. The van der Waals surface area contributed by atoms with Crippen molar-refractivity contribution in [3.63, 3.8) is 0 Å². The van der Waals surface area contributed by atoms with Gasteiger partial charge in [-0.3, -0.25) is 9.69 Å². The van der Waals surface area contributed by atoms with Gasteiger partial charge in [0.2, 0.25) is 5.91 Å². The lowest BCUT2D eigenvalue weighted by molar-refractivity contribution is -0.130. The van der Waals surface area contributed by atoms with Crippen molar-refractivity contribution in [2.75, 3.05) is 40.3 Å². The van der Waals surface area contributed by atoms with Crippen molar-refractivity contribution < 1.29 is 13.9 Å². The highest BCUT2D eigenvalue weighted by Crippen LogP contribution is 2.42. The Hall–Kier alpha value is -1.46. The Morgan fingerprint density at radius 2 is 2.04 bits per heavy atom. The highest BCUT2D eigenvalue weighted by atomic mass is 19.1. The Morgan fingerprint density at radius 3 is 2.71 bits per heavy atom. The van der Waals surface area contributed by atoms with Crippen molar-refractivity contribution in [1.29, 1.82) is 0 Å². The lowest BCUT2D eigenvalue weighted by Crippen LogP contribution is -2.44. The first-order valence-electron chi connectivity index (χ1n) is 8.75. The average Bonchev–Trinajstić information content (AvgIpc) is 2.94. The quantitative estimate of drug-likeness (QED) is 0.847. The number of halogens is 1. The minimum atomic E-state index is -0.140. The summed E-state index contributed by atoms with van der Waals surface area (Å²) in [5.41, 5.74) is 0.960. The van der Waals surface area contributed by atoms with Crippen LogP contribution in [0, 0.1) is 11.2 Å². The van der Waals surface area contributed by atoms with Crippen LogP contribution in [0.3, 0.4) is 0 Å². The summed E-state index contributed by atoms with van der Waals surface area (Å²) >= 11 is 0. The standard InChI is InChI=1S/C19H27FN2O2/c1-21(2)18(23)13-22-9-7-19(8-10-22)12-16(24-14-19)11-15-5-3-4-6-17(15)20/h3-6,16H,7-14H2,1-2H3/t16-/m1/s1. The SMILES string of the molecule is CN(C)C(=O)CN1CCC2(CC1)CO[C@H](Cc1ccccc1F)C2. The monoisotopic (exact) mass is 334 g/mol. The highest BCUT2D eigenvalue weighted by Gasteiger charge is 2.42. The first-order valence-corrected chi connectivity index (χ1v) is 8.75. The van der Waals surface area contributed by atoms with Gasteiger partial charge in [0.05, 0.1) is 19.3 Å². The Bertz CT molecular complexity index is 582. The molecule has 0 N–H and O–H groups in total. The number of likely N-dealkylation sites (tertiary alicyclic amines) is 1. The molecule has 1 amide bonds. The van der Waals surface area contributed by atoms with Gasteiger partial charge >= 0.3 is 0 Å². The number of likely N-dealkylation sites (N-methyl/N-ethyl adjacent to an activating group) is 1. The maximum absolute atomic E-state index is 13.8. The highest BCUT2D eigenvalue weighted by molar-refractivity contribution is 5.77. The van der Waals surface area contributed by atoms with Crippen molar-refractivity contribution in [3.05, 3.63) is 35.6 Å². The molecule has 2 saturated heterocycles. The van der Waals surface area contributed by atoms with E-state index in [-0.39, 0.29) is 23.2 Å². The second-order valence-electron chi connectivity index (χ2n) is 7.50. The molecule has 0 aliphatic carbocycles. The Labute approximate surface area is 143 Å². The Morgan fingerprint density at radius 1 is 1.33 bits per heavy atom. The van der Waals surface area contributed by atoms with Gasteiger partial charge in [0.15, 0.2) is 0 Å². The fourth-order valence-electron chi connectivity index (χ4n) is 3.80. The van der Waals surface area contributed by atoms with E-state index in [1.807, 2.05) is 12.1 Å². The summed E-state index contributed by atoms with van der Waals surface area (Å²) in [5.74, 6) is 0.0186. The van der Waals surface area contributed by atoms with Crippen molar-refractivity contribution in [1.82, 2.24) is 9.80 Å². The molecule has 1 spiro atoms. The fraction of sp³-hybridized carbons (Fsp3) is 0.632. The molecule has 2 aliphatic rings. The minimum absolute atomic E-state index is 0.108. The lowest BCUT2D eigenvalue weighted by Gasteiger charge is -2.38. The van der Waals surface area contributed by atoms with Crippen LogP contribution in [0.2, 0.25) is 0 Å². The molecule has 5 heteroatoms. The van der Waals surface area contributed by atoms with Crippen LogP contribution in [-0.2, 0) is 16.0 Å². The van der Waals surface area contributed by atoms with Crippen LogP contribution < -0.4 is 0 Å². The molecule has 0 radical (unpaired) electrons. The van der Waals surface area contributed by atoms with E-state index in [9.17, 15) is 9.18 Å². The van der Waals surface area contributed by atoms with Gasteiger partial charge < -0.3 is 9.64 Å². The van der Waals surface area contributed by atoms with Crippen LogP contribution in [0.1, 0.15) is 24.8 Å². The summed E-state index contributed by atoms with van der Waals surface area (Å²) in [5, 5.41) is 0. The van der Waals surface area contributed by atoms with Crippen LogP contribution in [0.25, 0.3) is 0 Å². The molecule has 4 nitrogen and oxygen atoms in total. The van der Waals surface area contributed by atoms with Crippen molar-refractivity contribution in [2.45, 2.75) is 31.8 Å². The zero-order valence-corrected chi connectivity index (χ0v) is 14.6. The zero-order valence-electron chi connectivity index (χ0n) is 14.6. The molecular weight excluding hydrogens is 307 g/mol. The number of piperidine rings is 1. The number of rotatable bonds is 4. The van der Waals surface area contributed by atoms with Gasteiger partial charge in [-0.25, -0.2) is 4.39 Å². The van der Waals surface area contributed by atoms with E-state index in [4.69, 9.17) is 4.74 Å². The predicted molar refractivity (Wildman–Crippen MR) is 91.3 cm³/mol. The van der Waals surface area contributed by atoms with Crippen LogP contribution in [0.15, 0.2) is 24.3 Å². The van der Waals surface area contributed by atoms with Gasteiger partial charge in [0, 0.05) is 20.5 Å². The summed E-state index contributed by atoms with van der Waals surface area (Å²) in [6.45, 7) is 3.15. The van der Waals surface area contributed by atoms with E-state index in [0.717, 1.165) is 44.5 Å². The van der Waals surface area contributed by atoms with Crippen LogP contribution >= 0.6 is 0 Å². The molecule has 2 fully saturated rings. The first kappa shape index (κ1) is 17.4. The number of carbonyl (C=O) groups is 1. The molecule has 0 aromatic heterocycles. The molecule has 1 aromatic rings. The number of nitrogens with zero attached hydrogens (tertiary/aromatic N) is 2. The third-order valence-electron chi connectivity index (χ3n) is 5.47. The summed E-state index contributed by atoms with van der Waals surface area (Å²) < 4.78 is 19.8. The van der Waals surface area contributed by atoms with E-state index < -0.39 is 0 Å². The molecule has 1 aromatic carbocycles. The minimum Gasteiger partial charge on any atom is -0.377 e. The van der Waals surface area contributed by atoms with Crippen LogP contribution in [-0.4, -0.2) is 62.1 Å². The first-order chi connectivity index (χ1) is 11.5. The molecular formula is C19H27FN2O2. The smallest absolute Gasteiger partial charge is 0.236 e. The number of amides is 1. The van der Waals surface area contributed by atoms with E-state index in [0.29, 0.717) is 13.0 Å². The normalized spacial score (nSPS) is 23.5. The lowest BCUT2D eigenvalue weighted by atomic mass is 9.76. The van der Waals surface area contributed by atoms with E-state index >= 15 is 0 Å². The maximum atomic E-state index is 13.8. The Balaban J connectivity index is 1.51. The molecule has 3 rings (SSSR count). The van der Waals surface area contributed by atoms with Gasteiger partial charge in [0.25, 0.3) is 0 Å². The number of carbonyl (C=O) groups excluding carboxylic acids is 1. The van der Waals surface area contributed by atoms with E-state index in [1.165, 1.54) is 6.07 Å². The van der Waals surface area contributed by atoms with Gasteiger partial charge in [-0.2, -0.15) is 0 Å². The second-order valence-corrected chi connectivity index (χ2v) is 7.50. The summed E-state index contributed by atoms with van der Waals surface area (Å²) in [6, 6.07) is 6.96. The number of hydrogen-bond acceptors (Lipinski definition) is 3. The van der Waals surface area contributed by atoms with Crippen LogP contribution in [0.5, 0.6) is 0 Å². The van der Waals surface area contributed by atoms with Gasteiger partial charge in [-0.1, -0.05) is 18.2 Å². The second kappa shape index (κ2) is 7.19. The summed E-state index contributed by atoms with van der Waals surface area (Å²) in [7, 11) is 3.60. The molecule has 0 saturated carbocycles. The third-order valence-corrected chi connectivity index (χ3v) is 5.47. The van der Waals surface area contributed by atoms with Gasteiger partial charge in [0.1, 0.15) is 5.82 Å². The predicted octanol–water partition coefficient (Wildman–Crippen LogP) is 2.33. The van der Waals surface area contributed by atoms with Gasteiger partial charge in [-0.05, 0) is 49.4 Å². The summed E-state index contributed by atoms with van der Waals surface area (Å²) in [6.07, 6.45) is 3.87. The van der Waals surface area contributed by atoms with Gasteiger partial charge in [-0.15, -0.1) is 0 Å². The zero-order chi connectivity index (χ0) is 17.2. The fourth-order valence-corrected chi connectivity index (χ4v) is 3.80. The molecule has 24 heavy (non-hydrogen) atoms. The number of ether oxygens (including phenoxy) is 1. The number of benzene rings is 1. The largest absolute Gasteiger partial charge is 0.377 e. The molecule has 0 bridgehead atoms.